The van der Waals surface area contributed by atoms with Gasteiger partial charge in [0.2, 0.25) is 11.7 Å². The molecule has 1 aromatic heterocycles. The summed E-state index contributed by atoms with van der Waals surface area (Å²) in [6.45, 7) is 5.31. The minimum Gasteiger partial charge on any atom is -0.485 e. The third-order valence-electron chi connectivity index (χ3n) is 4.17. The monoisotopic (exact) mass is 409 g/mol. The zero-order chi connectivity index (χ0) is 21.5. The number of esters is 1. The van der Waals surface area contributed by atoms with Gasteiger partial charge in [0.05, 0.1) is 5.56 Å². The molecule has 0 aliphatic heterocycles. The summed E-state index contributed by atoms with van der Waals surface area (Å²) in [5.41, 5.74) is 1.08. The number of aryl methyl sites for hydroxylation is 1. The zero-order valence-corrected chi connectivity index (χ0v) is 17.1. The van der Waals surface area contributed by atoms with Crippen LogP contribution in [-0.4, -0.2) is 34.7 Å². The van der Waals surface area contributed by atoms with Gasteiger partial charge >= 0.3 is 5.97 Å². The van der Waals surface area contributed by atoms with Gasteiger partial charge in [-0.05, 0) is 50.2 Å². The normalized spacial score (nSPS) is 10.7. The number of aromatic nitrogens is 2. The molecule has 30 heavy (non-hydrogen) atoms. The van der Waals surface area contributed by atoms with Gasteiger partial charge in [0.25, 0.3) is 5.91 Å². The van der Waals surface area contributed by atoms with Crippen LogP contribution in [0.25, 0.3) is 0 Å². The fraction of sp³-hybridized carbons (Fsp3) is 0.273. The highest BCUT2D eigenvalue weighted by atomic mass is 16.5. The van der Waals surface area contributed by atoms with Crippen molar-refractivity contribution in [1.29, 1.82) is 0 Å². The molecule has 0 N–H and O–H groups in total. The van der Waals surface area contributed by atoms with E-state index in [0.29, 0.717) is 23.0 Å². The number of para-hydroxylation sites is 1. The second-order valence-corrected chi connectivity index (χ2v) is 6.81. The second-order valence-electron chi connectivity index (χ2n) is 6.81. The van der Waals surface area contributed by atoms with E-state index in [-0.39, 0.29) is 25.2 Å². The van der Waals surface area contributed by atoms with E-state index in [1.165, 1.54) is 0 Å². The van der Waals surface area contributed by atoms with E-state index < -0.39 is 5.97 Å². The van der Waals surface area contributed by atoms with Gasteiger partial charge in [-0.1, -0.05) is 23.4 Å². The molecule has 0 aliphatic rings. The molecule has 156 valence electrons. The summed E-state index contributed by atoms with van der Waals surface area (Å²) < 4.78 is 15.6. The van der Waals surface area contributed by atoms with Crippen molar-refractivity contribution in [2.24, 2.45) is 0 Å². The van der Waals surface area contributed by atoms with Crippen molar-refractivity contribution in [2.45, 2.75) is 33.4 Å². The lowest BCUT2D eigenvalue weighted by molar-refractivity contribution is -0.122. The summed E-state index contributed by atoms with van der Waals surface area (Å²) in [6.07, 6.45) is 0. The fourth-order valence-corrected chi connectivity index (χ4v) is 2.83. The van der Waals surface area contributed by atoms with E-state index in [1.54, 1.807) is 36.1 Å². The number of amides is 1. The maximum absolute atomic E-state index is 12.6. The van der Waals surface area contributed by atoms with Crippen molar-refractivity contribution in [2.75, 3.05) is 11.5 Å². The highest BCUT2D eigenvalue weighted by molar-refractivity contribution is 5.97. The Morgan fingerprint density at radius 3 is 2.37 bits per heavy atom. The number of hydrogen-bond donors (Lipinski definition) is 0. The number of nitrogens with zero attached hydrogens (tertiary/aromatic N) is 3. The number of anilines is 1. The lowest BCUT2D eigenvalue weighted by Gasteiger charge is -2.26. The molecule has 3 aromatic rings. The van der Waals surface area contributed by atoms with Gasteiger partial charge in [0, 0.05) is 18.7 Å². The van der Waals surface area contributed by atoms with Crippen molar-refractivity contribution in [3.05, 3.63) is 71.9 Å². The lowest BCUT2D eigenvalue weighted by atomic mass is 10.2. The van der Waals surface area contributed by atoms with Gasteiger partial charge in [0.1, 0.15) is 5.75 Å². The maximum Gasteiger partial charge on any atom is 0.338 e. The van der Waals surface area contributed by atoms with Gasteiger partial charge in [0.15, 0.2) is 13.2 Å². The van der Waals surface area contributed by atoms with Crippen molar-refractivity contribution < 1.29 is 23.6 Å². The predicted molar refractivity (Wildman–Crippen MR) is 109 cm³/mol. The van der Waals surface area contributed by atoms with E-state index in [2.05, 4.69) is 10.1 Å². The Bertz CT molecular complexity index is 984. The smallest absolute Gasteiger partial charge is 0.338 e. The Labute approximate surface area is 174 Å². The minimum absolute atomic E-state index is 0.0713. The first kappa shape index (κ1) is 21.0. The summed E-state index contributed by atoms with van der Waals surface area (Å²) in [6, 6.07) is 15.6. The number of carbonyl (C=O) groups excluding carboxylic acids is 2. The van der Waals surface area contributed by atoms with Crippen molar-refractivity contribution in [1.82, 2.24) is 10.1 Å². The number of ether oxygens (including phenoxy) is 2. The second kappa shape index (κ2) is 9.69. The molecule has 0 fully saturated rings. The van der Waals surface area contributed by atoms with Crippen LogP contribution in [0.15, 0.2) is 59.1 Å². The molecule has 0 aliphatic carbocycles. The Kier molecular flexibility index (Phi) is 6.79. The average molecular weight is 409 g/mol. The summed E-state index contributed by atoms with van der Waals surface area (Å²) >= 11 is 0. The van der Waals surface area contributed by atoms with Crippen molar-refractivity contribution in [3.8, 4) is 5.75 Å². The third-order valence-corrected chi connectivity index (χ3v) is 4.17. The lowest BCUT2D eigenvalue weighted by Crippen LogP contribution is -2.39. The highest BCUT2D eigenvalue weighted by Gasteiger charge is 2.20. The molecular formula is C22H23N3O5. The van der Waals surface area contributed by atoms with Crippen LogP contribution >= 0.6 is 0 Å². The molecule has 0 saturated carbocycles. The molecule has 1 heterocycles. The van der Waals surface area contributed by atoms with Gasteiger partial charge < -0.3 is 18.9 Å². The van der Waals surface area contributed by atoms with E-state index >= 15 is 0 Å². The van der Waals surface area contributed by atoms with E-state index in [9.17, 15) is 9.59 Å². The van der Waals surface area contributed by atoms with Crippen LogP contribution in [0.5, 0.6) is 5.75 Å². The minimum atomic E-state index is -0.583. The standard InChI is InChI=1S/C22H23N3O5/c1-15(2)25(18-7-5-4-6-8-18)21(26)14-29-22(27)17-9-11-19(12-10-17)28-13-20-23-16(3)30-24-20/h4-12,15H,13-14H2,1-3H3. The van der Waals surface area contributed by atoms with E-state index in [0.717, 1.165) is 5.69 Å². The molecule has 8 heteroatoms. The van der Waals surface area contributed by atoms with Gasteiger partial charge in [-0.3, -0.25) is 4.79 Å². The Balaban J connectivity index is 1.54. The molecule has 3 rings (SSSR count). The van der Waals surface area contributed by atoms with Crippen LogP contribution in [0.1, 0.15) is 35.9 Å². The first-order valence-corrected chi connectivity index (χ1v) is 9.50. The maximum atomic E-state index is 12.6. The molecule has 0 atom stereocenters. The van der Waals surface area contributed by atoms with Crippen LogP contribution in [0.3, 0.4) is 0 Å². The molecule has 0 bridgehead atoms. The van der Waals surface area contributed by atoms with Gasteiger partial charge in [-0.2, -0.15) is 4.98 Å². The van der Waals surface area contributed by atoms with Crippen LogP contribution in [0, 0.1) is 6.92 Å². The molecule has 8 nitrogen and oxygen atoms in total. The molecule has 0 unspecified atom stereocenters. The molecule has 0 spiro atoms. The van der Waals surface area contributed by atoms with E-state index in [4.69, 9.17) is 14.0 Å². The largest absolute Gasteiger partial charge is 0.485 e. The number of rotatable bonds is 8. The molecule has 1 amide bonds. The SMILES string of the molecule is Cc1nc(COc2ccc(C(=O)OCC(=O)N(c3ccccc3)C(C)C)cc2)no1. The van der Waals surface area contributed by atoms with Gasteiger partial charge in [-0.15, -0.1) is 0 Å². The Hall–Kier alpha value is -3.68. The number of hydrogen-bond acceptors (Lipinski definition) is 7. The summed E-state index contributed by atoms with van der Waals surface area (Å²) in [5.74, 6) is 0.563. The van der Waals surface area contributed by atoms with Gasteiger partial charge in [-0.25, -0.2) is 4.79 Å². The molecule has 2 aromatic carbocycles. The molecule has 0 radical (unpaired) electrons. The Morgan fingerprint density at radius 1 is 1.07 bits per heavy atom. The average Bonchev–Trinajstić information content (AvgIpc) is 3.16. The Morgan fingerprint density at radius 2 is 1.77 bits per heavy atom. The van der Waals surface area contributed by atoms with Crippen LogP contribution < -0.4 is 9.64 Å². The van der Waals surface area contributed by atoms with Crippen LogP contribution in [0.4, 0.5) is 5.69 Å². The molecule has 0 saturated heterocycles. The zero-order valence-electron chi connectivity index (χ0n) is 17.1. The first-order chi connectivity index (χ1) is 14.4. The first-order valence-electron chi connectivity index (χ1n) is 9.50. The third kappa shape index (κ3) is 5.44. The molecular weight excluding hydrogens is 386 g/mol. The van der Waals surface area contributed by atoms with E-state index in [1.807, 2.05) is 44.2 Å². The van der Waals surface area contributed by atoms with Crippen molar-refractivity contribution >= 4 is 17.6 Å². The summed E-state index contributed by atoms with van der Waals surface area (Å²) in [7, 11) is 0. The predicted octanol–water partition coefficient (Wildman–Crippen LogP) is 3.56. The topological polar surface area (TPSA) is 94.8 Å². The number of carbonyl (C=O) groups is 2. The van der Waals surface area contributed by atoms with Crippen molar-refractivity contribution in [3.63, 3.8) is 0 Å². The quantitative estimate of drug-likeness (QED) is 0.525. The summed E-state index contributed by atoms with van der Waals surface area (Å²) in [4.78, 5) is 30.6. The fourth-order valence-electron chi connectivity index (χ4n) is 2.83. The number of benzene rings is 2. The van der Waals surface area contributed by atoms with Crippen LogP contribution in [0.2, 0.25) is 0 Å². The van der Waals surface area contributed by atoms with Crippen LogP contribution in [-0.2, 0) is 16.1 Å². The highest BCUT2D eigenvalue weighted by Crippen LogP contribution is 2.18. The summed E-state index contributed by atoms with van der Waals surface area (Å²) in [5, 5.41) is 3.74.